The number of fused-ring (bicyclic) bond motifs is 1. The van der Waals surface area contributed by atoms with E-state index in [9.17, 15) is 14.7 Å². The van der Waals surface area contributed by atoms with E-state index in [1.165, 1.54) is 0 Å². The molecule has 1 aromatic heterocycles. The SMILES string of the molecule is CC(C)C(=O)Nc1ccc2[nH]cc(C(C(=O)O)N3CCOCC3)c2c1. The maximum Gasteiger partial charge on any atom is 0.325 e. The molecule has 1 unspecified atom stereocenters. The predicted octanol–water partition coefficient (Wildman–Crippen LogP) is 2.22. The summed E-state index contributed by atoms with van der Waals surface area (Å²) in [4.78, 5) is 28.9. The van der Waals surface area contributed by atoms with Crippen molar-refractivity contribution in [1.82, 2.24) is 9.88 Å². The van der Waals surface area contributed by atoms with Crippen molar-refractivity contribution in [2.24, 2.45) is 5.92 Å². The summed E-state index contributed by atoms with van der Waals surface area (Å²) in [6.07, 6.45) is 1.74. The van der Waals surface area contributed by atoms with Gasteiger partial charge in [0.05, 0.1) is 13.2 Å². The van der Waals surface area contributed by atoms with Gasteiger partial charge in [0.15, 0.2) is 0 Å². The van der Waals surface area contributed by atoms with Gasteiger partial charge in [0.2, 0.25) is 5.91 Å². The molecule has 2 heterocycles. The minimum atomic E-state index is -0.889. The number of aromatic amines is 1. The zero-order valence-corrected chi connectivity index (χ0v) is 14.4. The fourth-order valence-electron chi connectivity index (χ4n) is 3.05. The molecule has 3 rings (SSSR count). The van der Waals surface area contributed by atoms with Gasteiger partial charge in [0.25, 0.3) is 0 Å². The van der Waals surface area contributed by atoms with Gasteiger partial charge >= 0.3 is 5.97 Å². The number of hydrogen-bond acceptors (Lipinski definition) is 4. The van der Waals surface area contributed by atoms with Crippen LogP contribution in [0.25, 0.3) is 10.9 Å². The Hall–Kier alpha value is -2.38. The Morgan fingerprint density at radius 1 is 1.28 bits per heavy atom. The molecule has 0 bridgehead atoms. The molecule has 1 aliphatic rings. The number of carbonyl (C=O) groups is 2. The number of carboxylic acid groups (broad SMARTS) is 1. The number of carbonyl (C=O) groups excluding carboxylic acids is 1. The van der Waals surface area contributed by atoms with Gasteiger partial charge in [0.1, 0.15) is 6.04 Å². The molecule has 0 spiro atoms. The first-order valence-electron chi connectivity index (χ1n) is 8.44. The number of benzene rings is 1. The number of anilines is 1. The summed E-state index contributed by atoms with van der Waals surface area (Å²) in [7, 11) is 0. The summed E-state index contributed by atoms with van der Waals surface area (Å²) in [5, 5.41) is 13.4. The van der Waals surface area contributed by atoms with Gasteiger partial charge in [-0.05, 0) is 18.2 Å². The van der Waals surface area contributed by atoms with Crippen molar-refractivity contribution >= 4 is 28.5 Å². The predicted molar refractivity (Wildman–Crippen MR) is 94.5 cm³/mol. The highest BCUT2D eigenvalue weighted by Gasteiger charge is 2.30. The summed E-state index contributed by atoms with van der Waals surface area (Å²) in [6.45, 7) is 5.87. The van der Waals surface area contributed by atoms with Gasteiger partial charge in [-0.3, -0.25) is 14.5 Å². The van der Waals surface area contributed by atoms with Crippen LogP contribution in [-0.2, 0) is 14.3 Å². The molecule has 1 aromatic carbocycles. The van der Waals surface area contributed by atoms with Gasteiger partial charge in [-0.15, -0.1) is 0 Å². The minimum Gasteiger partial charge on any atom is -0.480 e. The van der Waals surface area contributed by atoms with Crippen LogP contribution in [0.1, 0.15) is 25.5 Å². The van der Waals surface area contributed by atoms with Crippen LogP contribution < -0.4 is 5.32 Å². The van der Waals surface area contributed by atoms with Crippen LogP contribution in [-0.4, -0.2) is 53.2 Å². The second-order valence-electron chi connectivity index (χ2n) is 6.54. The van der Waals surface area contributed by atoms with Crippen LogP contribution in [0.4, 0.5) is 5.69 Å². The topological polar surface area (TPSA) is 94.7 Å². The number of hydrogen-bond donors (Lipinski definition) is 3. The number of morpholine rings is 1. The van der Waals surface area contributed by atoms with Crippen LogP contribution >= 0.6 is 0 Å². The summed E-state index contributed by atoms with van der Waals surface area (Å²) in [5.41, 5.74) is 2.21. The maximum absolute atomic E-state index is 11.9. The molecule has 7 heteroatoms. The van der Waals surface area contributed by atoms with Crippen LogP contribution in [0.3, 0.4) is 0 Å². The maximum atomic E-state index is 11.9. The third-order valence-corrected chi connectivity index (χ3v) is 4.44. The van der Waals surface area contributed by atoms with Gasteiger partial charge in [0, 0.05) is 47.4 Å². The Kier molecular flexibility index (Phi) is 5.06. The molecule has 25 heavy (non-hydrogen) atoms. The highest BCUT2D eigenvalue weighted by molar-refractivity contribution is 5.96. The average Bonchev–Trinajstić information content (AvgIpc) is 2.99. The Morgan fingerprint density at radius 2 is 2.00 bits per heavy atom. The Labute approximate surface area is 146 Å². The number of H-pyrrole nitrogens is 1. The summed E-state index contributed by atoms with van der Waals surface area (Å²) < 4.78 is 5.33. The van der Waals surface area contributed by atoms with E-state index in [1.807, 2.05) is 36.9 Å². The first kappa shape index (κ1) is 17.4. The quantitative estimate of drug-likeness (QED) is 0.772. The molecule has 1 fully saturated rings. The number of ether oxygens (including phenoxy) is 1. The zero-order valence-electron chi connectivity index (χ0n) is 14.4. The molecule has 3 N–H and O–H groups in total. The van der Waals surface area contributed by atoms with E-state index < -0.39 is 12.0 Å². The van der Waals surface area contributed by atoms with Crippen molar-refractivity contribution in [3.63, 3.8) is 0 Å². The second-order valence-corrected chi connectivity index (χ2v) is 6.54. The molecule has 0 radical (unpaired) electrons. The van der Waals surface area contributed by atoms with E-state index >= 15 is 0 Å². The Balaban J connectivity index is 1.96. The minimum absolute atomic E-state index is 0.0700. The van der Waals surface area contributed by atoms with Crippen LogP contribution in [0, 0.1) is 5.92 Å². The molecule has 1 aliphatic heterocycles. The fraction of sp³-hybridized carbons (Fsp3) is 0.444. The van der Waals surface area contributed by atoms with Gasteiger partial charge in [-0.25, -0.2) is 0 Å². The van der Waals surface area contributed by atoms with E-state index in [2.05, 4.69) is 10.3 Å². The van der Waals surface area contributed by atoms with Crippen LogP contribution in [0.2, 0.25) is 0 Å². The smallest absolute Gasteiger partial charge is 0.325 e. The van der Waals surface area contributed by atoms with Crippen molar-refractivity contribution in [3.05, 3.63) is 30.0 Å². The molecule has 0 saturated carbocycles. The van der Waals surface area contributed by atoms with E-state index in [0.717, 1.165) is 10.9 Å². The van der Waals surface area contributed by atoms with Gasteiger partial charge in [-0.2, -0.15) is 0 Å². The Bertz CT molecular complexity index is 778. The molecule has 0 aliphatic carbocycles. The lowest BCUT2D eigenvalue weighted by atomic mass is 10.0. The number of amides is 1. The molecule has 134 valence electrons. The lowest BCUT2D eigenvalue weighted by Crippen LogP contribution is -2.42. The first-order chi connectivity index (χ1) is 12.0. The second kappa shape index (κ2) is 7.25. The molecule has 1 amide bonds. The van der Waals surface area contributed by atoms with Crippen molar-refractivity contribution < 1.29 is 19.4 Å². The van der Waals surface area contributed by atoms with E-state index in [-0.39, 0.29) is 11.8 Å². The number of aliphatic carboxylic acids is 1. The molecule has 7 nitrogen and oxygen atoms in total. The third kappa shape index (κ3) is 3.67. The van der Waals surface area contributed by atoms with E-state index in [0.29, 0.717) is 37.6 Å². The number of carboxylic acids is 1. The van der Waals surface area contributed by atoms with Crippen molar-refractivity contribution in [2.75, 3.05) is 31.6 Å². The van der Waals surface area contributed by atoms with Crippen molar-refractivity contribution in [2.45, 2.75) is 19.9 Å². The Morgan fingerprint density at radius 3 is 2.64 bits per heavy atom. The largest absolute Gasteiger partial charge is 0.480 e. The average molecular weight is 345 g/mol. The van der Waals surface area contributed by atoms with Crippen molar-refractivity contribution in [3.8, 4) is 0 Å². The van der Waals surface area contributed by atoms with E-state index in [4.69, 9.17) is 4.74 Å². The zero-order chi connectivity index (χ0) is 18.0. The lowest BCUT2D eigenvalue weighted by Gasteiger charge is -2.31. The third-order valence-electron chi connectivity index (χ3n) is 4.44. The lowest BCUT2D eigenvalue weighted by molar-refractivity contribution is -0.145. The van der Waals surface area contributed by atoms with Crippen molar-refractivity contribution in [1.29, 1.82) is 0 Å². The molecule has 2 aromatic rings. The summed E-state index contributed by atoms with van der Waals surface area (Å²) in [6, 6.07) is 4.76. The fourth-order valence-corrected chi connectivity index (χ4v) is 3.05. The normalized spacial score (nSPS) is 16.9. The van der Waals surface area contributed by atoms with Crippen LogP contribution in [0.15, 0.2) is 24.4 Å². The highest BCUT2D eigenvalue weighted by atomic mass is 16.5. The van der Waals surface area contributed by atoms with Crippen LogP contribution in [0.5, 0.6) is 0 Å². The number of nitrogens with one attached hydrogen (secondary N) is 2. The molecule has 1 saturated heterocycles. The number of aromatic nitrogens is 1. The summed E-state index contributed by atoms with van der Waals surface area (Å²) >= 11 is 0. The molecular formula is C18H23N3O4. The molecular weight excluding hydrogens is 322 g/mol. The monoisotopic (exact) mass is 345 g/mol. The highest BCUT2D eigenvalue weighted by Crippen LogP contribution is 2.31. The summed E-state index contributed by atoms with van der Waals surface area (Å²) in [5.74, 6) is -1.08. The first-order valence-corrected chi connectivity index (χ1v) is 8.44. The van der Waals surface area contributed by atoms with Gasteiger partial charge in [-0.1, -0.05) is 13.8 Å². The number of nitrogens with zero attached hydrogens (tertiary/aromatic N) is 1. The van der Waals surface area contributed by atoms with E-state index in [1.54, 1.807) is 6.20 Å². The molecule has 1 atom stereocenters. The number of rotatable bonds is 5. The van der Waals surface area contributed by atoms with Gasteiger partial charge < -0.3 is 20.1 Å². The standard InChI is InChI=1S/C18H23N3O4/c1-11(2)17(22)20-12-3-4-15-13(9-12)14(10-19-15)16(18(23)24)21-5-7-25-8-6-21/h3-4,9-11,16,19H,5-8H2,1-2H3,(H,20,22)(H,23,24).